The van der Waals surface area contributed by atoms with Crippen molar-refractivity contribution < 1.29 is 22.8 Å². The van der Waals surface area contributed by atoms with E-state index in [2.05, 4.69) is 24.3 Å². The molecule has 5 rings (SSSR count). The van der Waals surface area contributed by atoms with Crippen molar-refractivity contribution in [2.45, 2.75) is 38.8 Å². The van der Waals surface area contributed by atoms with Crippen LogP contribution in [0.2, 0.25) is 0 Å². The summed E-state index contributed by atoms with van der Waals surface area (Å²) in [5, 5.41) is 1.82. The van der Waals surface area contributed by atoms with Gasteiger partial charge in [0.05, 0.1) is 5.56 Å². The number of piperidine rings is 1. The Morgan fingerprint density at radius 1 is 0.763 bits per heavy atom. The number of Topliss-reactive ketones (excluding diaryl/α,β-unsaturated/α-hetero) is 1. The molecule has 0 saturated carbocycles. The van der Waals surface area contributed by atoms with Gasteiger partial charge in [-0.15, -0.1) is 0 Å². The first-order valence-corrected chi connectivity index (χ1v) is 12.7. The zero-order valence-corrected chi connectivity index (χ0v) is 21.3. The van der Waals surface area contributed by atoms with Crippen molar-refractivity contribution in [2.24, 2.45) is 0 Å². The molecule has 0 aliphatic carbocycles. The van der Waals surface area contributed by atoms with Crippen LogP contribution in [0, 0.1) is 0 Å². The van der Waals surface area contributed by atoms with E-state index in [0.717, 1.165) is 65.5 Å². The molecule has 0 radical (unpaired) electrons. The summed E-state index contributed by atoms with van der Waals surface area (Å²) in [4.78, 5) is 25.9. The summed E-state index contributed by atoms with van der Waals surface area (Å²) in [5.74, 6) is 0.477. The number of amides is 1. The van der Waals surface area contributed by atoms with E-state index < -0.39 is 11.7 Å². The predicted octanol–water partition coefficient (Wildman–Crippen LogP) is 8.12. The molecular formula is C32H28F3NO2. The van der Waals surface area contributed by atoms with E-state index in [4.69, 9.17) is 0 Å². The highest BCUT2D eigenvalue weighted by Crippen LogP contribution is 2.36. The van der Waals surface area contributed by atoms with Gasteiger partial charge in [-0.3, -0.25) is 9.59 Å². The number of alkyl halides is 3. The lowest BCUT2D eigenvalue weighted by atomic mass is 9.87. The largest absolute Gasteiger partial charge is 0.416 e. The molecule has 38 heavy (non-hydrogen) atoms. The van der Waals surface area contributed by atoms with Gasteiger partial charge in [-0.05, 0) is 94.6 Å². The van der Waals surface area contributed by atoms with Gasteiger partial charge in [-0.25, -0.2) is 0 Å². The number of hydrogen-bond donors (Lipinski definition) is 0. The SMILES string of the molecule is CC(=O)c1cc(-c2ccc(C3CCN(C(C)=O)CC3)cc2)c2ccc(-c3ccc(C(F)(F)F)cc3)cc2c1. The molecule has 1 saturated heterocycles. The normalized spacial score (nSPS) is 14.6. The van der Waals surface area contributed by atoms with E-state index in [9.17, 15) is 22.8 Å². The van der Waals surface area contributed by atoms with Crippen LogP contribution in [-0.2, 0) is 11.0 Å². The molecule has 1 fully saturated rings. The molecule has 0 aromatic heterocycles. The first-order chi connectivity index (χ1) is 18.1. The van der Waals surface area contributed by atoms with Crippen molar-refractivity contribution in [2.75, 3.05) is 13.1 Å². The van der Waals surface area contributed by atoms with E-state index >= 15 is 0 Å². The highest BCUT2D eigenvalue weighted by Gasteiger charge is 2.30. The Bertz CT molecular complexity index is 1500. The monoisotopic (exact) mass is 515 g/mol. The van der Waals surface area contributed by atoms with Crippen molar-refractivity contribution >= 4 is 22.5 Å². The van der Waals surface area contributed by atoms with Crippen LogP contribution in [0.25, 0.3) is 33.0 Å². The van der Waals surface area contributed by atoms with E-state index in [1.807, 2.05) is 35.2 Å². The lowest BCUT2D eigenvalue weighted by molar-refractivity contribution is -0.137. The summed E-state index contributed by atoms with van der Waals surface area (Å²) < 4.78 is 39.0. The number of likely N-dealkylation sites (tertiary alicyclic amines) is 1. The summed E-state index contributed by atoms with van der Waals surface area (Å²) in [6, 6.07) is 23.1. The molecule has 1 amide bonds. The number of hydrogen-bond acceptors (Lipinski definition) is 2. The zero-order valence-electron chi connectivity index (χ0n) is 21.3. The van der Waals surface area contributed by atoms with Crippen LogP contribution in [0.4, 0.5) is 13.2 Å². The smallest absolute Gasteiger partial charge is 0.343 e. The topological polar surface area (TPSA) is 37.4 Å². The second-order valence-corrected chi connectivity index (χ2v) is 9.99. The fourth-order valence-corrected chi connectivity index (χ4v) is 5.31. The summed E-state index contributed by atoms with van der Waals surface area (Å²) in [5.41, 5.74) is 4.53. The second kappa shape index (κ2) is 10.1. The molecule has 4 aromatic rings. The first kappa shape index (κ1) is 25.7. The van der Waals surface area contributed by atoms with E-state index in [1.54, 1.807) is 6.92 Å². The molecule has 3 nitrogen and oxygen atoms in total. The van der Waals surface area contributed by atoms with Crippen molar-refractivity contribution in [1.82, 2.24) is 4.90 Å². The number of benzene rings is 4. The lowest BCUT2D eigenvalue weighted by Crippen LogP contribution is -2.36. The molecule has 4 aromatic carbocycles. The summed E-state index contributed by atoms with van der Waals surface area (Å²) >= 11 is 0. The van der Waals surface area contributed by atoms with Crippen LogP contribution in [-0.4, -0.2) is 29.7 Å². The average molecular weight is 516 g/mol. The van der Waals surface area contributed by atoms with Crippen LogP contribution >= 0.6 is 0 Å². The van der Waals surface area contributed by atoms with E-state index in [-0.39, 0.29) is 11.7 Å². The fourth-order valence-electron chi connectivity index (χ4n) is 5.31. The van der Waals surface area contributed by atoms with Crippen LogP contribution in [0.3, 0.4) is 0 Å². The predicted molar refractivity (Wildman–Crippen MR) is 144 cm³/mol. The molecule has 0 unspecified atom stereocenters. The maximum atomic E-state index is 13.0. The Morgan fingerprint density at radius 2 is 1.37 bits per heavy atom. The van der Waals surface area contributed by atoms with Crippen molar-refractivity contribution in [3.05, 3.63) is 95.6 Å². The van der Waals surface area contributed by atoms with Gasteiger partial charge in [0.1, 0.15) is 0 Å². The average Bonchev–Trinajstić information content (AvgIpc) is 2.92. The number of carbonyl (C=O) groups is 2. The minimum atomic E-state index is -4.38. The number of fused-ring (bicyclic) bond motifs is 1. The summed E-state index contributed by atoms with van der Waals surface area (Å²) in [6.45, 7) is 4.69. The van der Waals surface area contributed by atoms with Gasteiger partial charge in [0, 0.05) is 25.6 Å². The van der Waals surface area contributed by atoms with Gasteiger partial charge in [-0.2, -0.15) is 13.2 Å². The Hall–Kier alpha value is -3.93. The number of halogens is 3. The molecule has 1 aliphatic rings. The molecule has 0 bridgehead atoms. The number of rotatable bonds is 4. The minimum absolute atomic E-state index is 0.0538. The molecule has 6 heteroatoms. The van der Waals surface area contributed by atoms with Crippen molar-refractivity contribution in [1.29, 1.82) is 0 Å². The van der Waals surface area contributed by atoms with Crippen molar-refractivity contribution in [3.8, 4) is 22.3 Å². The van der Waals surface area contributed by atoms with E-state index in [0.29, 0.717) is 17.0 Å². The molecule has 0 N–H and O–H groups in total. The van der Waals surface area contributed by atoms with Gasteiger partial charge < -0.3 is 4.90 Å². The molecule has 0 spiro atoms. The molecule has 194 valence electrons. The lowest BCUT2D eigenvalue weighted by Gasteiger charge is -2.31. The Labute approximate surface area is 219 Å². The maximum absolute atomic E-state index is 13.0. The Kier molecular flexibility index (Phi) is 6.82. The van der Waals surface area contributed by atoms with Gasteiger partial charge in [0.2, 0.25) is 5.91 Å². The van der Waals surface area contributed by atoms with Crippen LogP contribution < -0.4 is 0 Å². The molecule has 1 aliphatic heterocycles. The minimum Gasteiger partial charge on any atom is -0.343 e. The van der Waals surface area contributed by atoms with Crippen LogP contribution in [0.1, 0.15) is 54.1 Å². The molecule has 1 heterocycles. The number of nitrogens with zero attached hydrogens (tertiary/aromatic N) is 1. The number of carbonyl (C=O) groups excluding carboxylic acids is 2. The van der Waals surface area contributed by atoms with Gasteiger partial charge in [0.15, 0.2) is 5.78 Å². The standard InChI is InChI=1S/C32H28F3NO2/c1-20(37)27-18-28-17-26(23-7-10-29(11-8-23)32(33,34)35)9-12-30(28)31(19-27)25-5-3-22(4-6-25)24-13-15-36(16-14-24)21(2)38/h3-12,17-19,24H,13-16H2,1-2H3. The highest BCUT2D eigenvalue weighted by molar-refractivity contribution is 6.05. The third-order valence-corrected chi connectivity index (χ3v) is 7.54. The second-order valence-electron chi connectivity index (χ2n) is 9.99. The first-order valence-electron chi connectivity index (χ1n) is 12.7. The van der Waals surface area contributed by atoms with Gasteiger partial charge in [-0.1, -0.05) is 48.5 Å². The Balaban J connectivity index is 1.48. The number of ketones is 1. The summed E-state index contributed by atoms with van der Waals surface area (Å²) in [6.07, 6.45) is -2.50. The van der Waals surface area contributed by atoms with Gasteiger partial charge >= 0.3 is 6.18 Å². The maximum Gasteiger partial charge on any atom is 0.416 e. The third kappa shape index (κ3) is 5.21. The Morgan fingerprint density at radius 3 is 1.95 bits per heavy atom. The third-order valence-electron chi connectivity index (χ3n) is 7.54. The van der Waals surface area contributed by atoms with Crippen LogP contribution in [0.5, 0.6) is 0 Å². The molecular weight excluding hydrogens is 487 g/mol. The van der Waals surface area contributed by atoms with E-state index in [1.165, 1.54) is 24.6 Å². The van der Waals surface area contributed by atoms with Crippen molar-refractivity contribution in [3.63, 3.8) is 0 Å². The highest BCUT2D eigenvalue weighted by atomic mass is 19.4. The zero-order chi connectivity index (χ0) is 27.0. The quantitative estimate of drug-likeness (QED) is 0.257. The fraction of sp³-hybridized carbons (Fsp3) is 0.250. The van der Waals surface area contributed by atoms with Crippen LogP contribution in [0.15, 0.2) is 78.9 Å². The summed E-state index contributed by atoms with van der Waals surface area (Å²) in [7, 11) is 0. The molecule has 0 atom stereocenters. The van der Waals surface area contributed by atoms with Gasteiger partial charge in [0.25, 0.3) is 0 Å².